The number of aromatic carboxylic acids is 1. The van der Waals surface area contributed by atoms with Gasteiger partial charge in [-0.05, 0) is 25.3 Å². The molecule has 1 saturated heterocycles. The molecule has 1 aromatic heterocycles. The fourth-order valence-corrected chi connectivity index (χ4v) is 2.93. The van der Waals surface area contributed by atoms with Crippen LogP contribution in [0.15, 0.2) is 34.9 Å². The monoisotopic (exact) mass is 301 g/mol. The van der Waals surface area contributed by atoms with Gasteiger partial charge in [0.1, 0.15) is 0 Å². The summed E-state index contributed by atoms with van der Waals surface area (Å²) in [4.78, 5) is 13.7. The summed E-state index contributed by atoms with van der Waals surface area (Å²) in [7, 11) is 0. The van der Waals surface area contributed by atoms with E-state index in [1.54, 1.807) is 0 Å². The summed E-state index contributed by atoms with van der Waals surface area (Å²) in [5, 5.41) is 13.6. The van der Waals surface area contributed by atoms with Gasteiger partial charge in [0.05, 0.1) is 0 Å². The second kappa shape index (κ2) is 6.19. The molecule has 3 rings (SSSR count). The predicted octanol–water partition coefficient (Wildman–Crippen LogP) is 2.21. The van der Waals surface area contributed by atoms with Gasteiger partial charge in [-0.1, -0.05) is 35.5 Å². The Balaban J connectivity index is 1.99. The molecule has 0 radical (unpaired) electrons. The molecular weight excluding hydrogens is 282 g/mol. The van der Waals surface area contributed by atoms with Crippen molar-refractivity contribution in [1.29, 1.82) is 0 Å². The van der Waals surface area contributed by atoms with Gasteiger partial charge in [-0.25, -0.2) is 4.79 Å². The number of carbonyl (C=O) groups is 1. The highest BCUT2D eigenvalue weighted by atomic mass is 16.5. The van der Waals surface area contributed by atoms with Crippen LogP contribution < -0.4 is 10.6 Å². The first-order valence-electron chi connectivity index (χ1n) is 7.44. The summed E-state index contributed by atoms with van der Waals surface area (Å²) in [5.41, 5.74) is 6.59. The Morgan fingerprint density at radius 3 is 2.86 bits per heavy atom. The molecule has 116 valence electrons. The van der Waals surface area contributed by atoms with Crippen LogP contribution in [-0.2, 0) is 0 Å². The smallest absolute Gasteiger partial charge is 0.343 e. The number of aromatic nitrogens is 1. The lowest BCUT2D eigenvalue weighted by Gasteiger charge is -2.32. The van der Waals surface area contributed by atoms with E-state index in [9.17, 15) is 9.90 Å². The number of nitrogens with two attached hydrogens (primary N) is 1. The third-order valence-electron chi connectivity index (χ3n) is 4.08. The molecule has 2 aromatic rings. The number of hydrogen-bond acceptors (Lipinski definition) is 5. The van der Waals surface area contributed by atoms with Crippen LogP contribution in [0.4, 0.5) is 5.82 Å². The van der Waals surface area contributed by atoms with E-state index in [1.807, 2.05) is 35.2 Å². The number of anilines is 1. The highest BCUT2D eigenvalue weighted by Crippen LogP contribution is 2.33. The number of carboxylic acids is 1. The summed E-state index contributed by atoms with van der Waals surface area (Å²) >= 11 is 0. The SMILES string of the molecule is NCC1CCCN(c2noc(-c3ccccc3)c2C(=O)O)C1. The lowest BCUT2D eigenvalue weighted by Crippen LogP contribution is -2.39. The molecule has 6 nitrogen and oxygen atoms in total. The minimum atomic E-state index is -1.02. The van der Waals surface area contributed by atoms with Crippen LogP contribution in [0.1, 0.15) is 23.2 Å². The van der Waals surface area contributed by atoms with Gasteiger partial charge < -0.3 is 20.3 Å². The van der Waals surface area contributed by atoms with E-state index in [1.165, 1.54) is 0 Å². The molecule has 1 aliphatic heterocycles. The lowest BCUT2D eigenvalue weighted by molar-refractivity contribution is 0.0697. The molecule has 0 aliphatic carbocycles. The average molecular weight is 301 g/mol. The summed E-state index contributed by atoms with van der Waals surface area (Å²) in [6, 6.07) is 9.19. The normalized spacial score (nSPS) is 18.4. The minimum Gasteiger partial charge on any atom is -0.477 e. The van der Waals surface area contributed by atoms with E-state index in [0.717, 1.165) is 25.9 Å². The molecule has 0 bridgehead atoms. The summed E-state index contributed by atoms with van der Waals surface area (Å²) in [6.45, 7) is 2.09. The maximum Gasteiger partial charge on any atom is 0.343 e. The van der Waals surface area contributed by atoms with Gasteiger partial charge in [0.25, 0.3) is 0 Å². The molecule has 1 fully saturated rings. The van der Waals surface area contributed by atoms with Crippen LogP contribution in [0.3, 0.4) is 0 Å². The second-order valence-corrected chi connectivity index (χ2v) is 5.57. The van der Waals surface area contributed by atoms with Crippen molar-refractivity contribution in [2.24, 2.45) is 11.7 Å². The molecule has 0 amide bonds. The van der Waals surface area contributed by atoms with E-state index in [2.05, 4.69) is 5.16 Å². The zero-order valence-electron chi connectivity index (χ0n) is 12.2. The summed E-state index contributed by atoms with van der Waals surface area (Å²) in [5.74, 6) is 0.0553. The van der Waals surface area contributed by atoms with E-state index < -0.39 is 5.97 Å². The van der Waals surface area contributed by atoms with Crippen molar-refractivity contribution < 1.29 is 14.4 Å². The maximum atomic E-state index is 11.7. The third-order valence-corrected chi connectivity index (χ3v) is 4.08. The van der Waals surface area contributed by atoms with Gasteiger partial charge in [-0.3, -0.25) is 0 Å². The minimum absolute atomic E-state index is 0.129. The molecule has 2 heterocycles. The van der Waals surface area contributed by atoms with Crippen molar-refractivity contribution in [1.82, 2.24) is 5.16 Å². The number of piperidine rings is 1. The quantitative estimate of drug-likeness (QED) is 0.899. The fraction of sp³-hybridized carbons (Fsp3) is 0.375. The second-order valence-electron chi connectivity index (χ2n) is 5.57. The maximum absolute atomic E-state index is 11.7. The van der Waals surface area contributed by atoms with Crippen molar-refractivity contribution in [3.63, 3.8) is 0 Å². The molecule has 1 atom stereocenters. The molecule has 1 unspecified atom stereocenters. The first kappa shape index (κ1) is 14.6. The molecule has 0 saturated carbocycles. The van der Waals surface area contributed by atoms with Crippen LogP contribution in [0.25, 0.3) is 11.3 Å². The van der Waals surface area contributed by atoms with E-state index >= 15 is 0 Å². The van der Waals surface area contributed by atoms with E-state index in [4.69, 9.17) is 10.3 Å². The highest BCUT2D eigenvalue weighted by Gasteiger charge is 2.30. The Hall–Kier alpha value is -2.34. The van der Waals surface area contributed by atoms with Gasteiger partial charge in [-0.2, -0.15) is 0 Å². The van der Waals surface area contributed by atoms with Gasteiger partial charge in [0.15, 0.2) is 17.1 Å². The van der Waals surface area contributed by atoms with Crippen LogP contribution in [-0.4, -0.2) is 35.9 Å². The number of hydrogen-bond donors (Lipinski definition) is 2. The lowest BCUT2D eigenvalue weighted by atomic mass is 9.98. The fourth-order valence-electron chi connectivity index (χ4n) is 2.93. The largest absolute Gasteiger partial charge is 0.477 e. The number of benzene rings is 1. The Labute approximate surface area is 128 Å². The topological polar surface area (TPSA) is 92.6 Å². The van der Waals surface area contributed by atoms with Gasteiger partial charge in [0, 0.05) is 18.7 Å². The van der Waals surface area contributed by atoms with Crippen LogP contribution in [0, 0.1) is 5.92 Å². The van der Waals surface area contributed by atoms with Crippen molar-refractivity contribution in [3.8, 4) is 11.3 Å². The van der Waals surface area contributed by atoms with E-state index in [-0.39, 0.29) is 5.56 Å². The Kier molecular flexibility index (Phi) is 4.11. The van der Waals surface area contributed by atoms with E-state index in [0.29, 0.717) is 29.6 Å². The van der Waals surface area contributed by atoms with Crippen LogP contribution in [0.2, 0.25) is 0 Å². The summed E-state index contributed by atoms with van der Waals surface area (Å²) in [6.07, 6.45) is 2.05. The molecule has 1 aliphatic rings. The molecule has 0 spiro atoms. The predicted molar refractivity (Wildman–Crippen MR) is 82.9 cm³/mol. The van der Waals surface area contributed by atoms with Crippen LogP contribution in [0.5, 0.6) is 0 Å². The van der Waals surface area contributed by atoms with Gasteiger partial charge >= 0.3 is 5.97 Å². The first-order valence-corrected chi connectivity index (χ1v) is 7.44. The van der Waals surface area contributed by atoms with Crippen molar-refractivity contribution in [2.45, 2.75) is 12.8 Å². The first-order chi connectivity index (χ1) is 10.7. The zero-order chi connectivity index (χ0) is 15.5. The molecular formula is C16H19N3O3. The van der Waals surface area contributed by atoms with Crippen molar-refractivity contribution >= 4 is 11.8 Å². The average Bonchev–Trinajstić information content (AvgIpc) is 3.01. The van der Waals surface area contributed by atoms with Crippen LogP contribution >= 0.6 is 0 Å². The number of carboxylic acid groups (broad SMARTS) is 1. The van der Waals surface area contributed by atoms with Crippen molar-refractivity contribution in [2.75, 3.05) is 24.5 Å². The third kappa shape index (κ3) is 2.69. The Morgan fingerprint density at radius 2 is 2.18 bits per heavy atom. The zero-order valence-corrected chi connectivity index (χ0v) is 12.2. The highest BCUT2D eigenvalue weighted by molar-refractivity contribution is 5.99. The van der Waals surface area contributed by atoms with Gasteiger partial charge in [0.2, 0.25) is 0 Å². The Bertz CT molecular complexity index is 654. The number of rotatable bonds is 4. The standard InChI is InChI=1S/C16H19N3O3/c17-9-11-5-4-8-19(10-11)15-13(16(20)21)14(22-18-15)12-6-2-1-3-7-12/h1-3,6-7,11H,4-5,8-10,17H2,(H,20,21). The molecule has 1 aromatic carbocycles. The molecule has 3 N–H and O–H groups in total. The summed E-state index contributed by atoms with van der Waals surface area (Å²) < 4.78 is 5.36. The number of nitrogens with zero attached hydrogens (tertiary/aromatic N) is 2. The Morgan fingerprint density at radius 1 is 1.41 bits per heavy atom. The molecule has 22 heavy (non-hydrogen) atoms. The van der Waals surface area contributed by atoms with Gasteiger partial charge in [-0.15, -0.1) is 0 Å². The molecule has 6 heteroatoms. The van der Waals surface area contributed by atoms with Crippen molar-refractivity contribution in [3.05, 3.63) is 35.9 Å².